The van der Waals surface area contributed by atoms with Gasteiger partial charge >= 0.3 is 0 Å². The molecule has 2 aliphatic heterocycles. The fraction of sp³-hybridized carbons (Fsp3) is 0.323. The highest BCUT2D eigenvalue weighted by molar-refractivity contribution is 6.35. The molecule has 1 aromatic heterocycles. The van der Waals surface area contributed by atoms with Crippen LogP contribution in [0.3, 0.4) is 0 Å². The largest absolute Gasteiger partial charge is 0.358 e. The van der Waals surface area contributed by atoms with Crippen LogP contribution in [0, 0.1) is 13.8 Å². The first kappa shape index (κ1) is 26.4. The number of nitrogens with zero attached hydrogens (tertiary/aromatic N) is 1. The van der Waals surface area contributed by atoms with E-state index in [1.807, 2.05) is 51.1 Å². The second-order valence-corrected chi connectivity index (χ2v) is 10.3. The lowest BCUT2D eigenvalue weighted by molar-refractivity contribution is -0.110. The number of hydrogen-bond acceptors (Lipinski definition) is 4. The molecule has 3 heterocycles. The Morgan fingerprint density at radius 3 is 2.54 bits per heavy atom. The van der Waals surface area contributed by atoms with Crippen LogP contribution < -0.4 is 16.0 Å². The Morgan fingerprint density at radius 2 is 1.79 bits per heavy atom. The fourth-order valence-electron chi connectivity index (χ4n) is 5.41. The van der Waals surface area contributed by atoms with E-state index in [9.17, 15) is 14.4 Å². The Kier molecular flexibility index (Phi) is 7.65. The number of nitrogens with one attached hydrogen (secondary N) is 4. The number of fused-ring (bicyclic) bond motifs is 1. The lowest BCUT2D eigenvalue weighted by atomic mass is 10.0. The number of amides is 3. The molecule has 0 radical (unpaired) electrons. The van der Waals surface area contributed by atoms with Crippen LogP contribution in [0.1, 0.15) is 74.6 Å². The average molecular weight is 526 g/mol. The van der Waals surface area contributed by atoms with Crippen molar-refractivity contribution in [2.75, 3.05) is 31.5 Å². The van der Waals surface area contributed by atoms with Gasteiger partial charge in [0.2, 0.25) is 0 Å². The van der Waals surface area contributed by atoms with Gasteiger partial charge in [0, 0.05) is 41.3 Å². The van der Waals surface area contributed by atoms with Gasteiger partial charge in [-0.3, -0.25) is 14.4 Å². The molecule has 0 unspecified atom stereocenters. The lowest BCUT2D eigenvalue weighted by Gasteiger charge is -2.14. The number of hydrogen-bond donors (Lipinski definition) is 4. The molecule has 1 saturated heterocycles. The summed E-state index contributed by atoms with van der Waals surface area (Å²) in [6.45, 7) is 9.35. The van der Waals surface area contributed by atoms with Crippen molar-refractivity contribution in [1.82, 2.24) is 20.5 Å². The van der Waals surface area contributed by atoms with Crippen LogP contribution in [-0.4, -0.2) is 53.8 Å². The Morgan fingerprint density at radius 1 is 1.05 bits per heavy atom. The van der Waals surface area contributed by atoms with Crippen LogP contribution in [0.15, 0.2) is 48.5 Å². The molecule has 8 heteroatoms. The molecule has 2 aliphatic rings. The molecule has 1 fully saturated rings. The highest BCUT2D eigenvalue weighted by atomic mass is 16.2. The summed E-state index contributed by atoms with van der Waals surface area (Å²) in [5.74, 6) is -0.567. The van der Waals surface area contributed by atoms with E-state index >= 15 is 0 Å². The van der Waals surface area contributed by atoms with E-state index in [0.717, 1.165) is 42.0 Å². The monoisotopic (exact) mass is 525 g/mol. The predicted octanol–water partition coefficient (Wildman–Crippen LogP) is 4.44. The van der Waals surface area contributed by atoms with Gasteiger partial charge in [0.25, 0.3) is 17.7 Å². The summed E-state index contributed by atoms with van der Waals surface area (Å²) in [6.07, 6.45) is 4.23. The summed E-state index contributed by atoms with van der Waals surface area (Å²) in [6, 6.07) is 14.8. The van der Waals surface area contributed by atoms with Crippen molar-refractivity contribution in [2.45, 2.75) is 39.7 Å². The van der Waals surface area contributed by atoms with Crippen LogP contribution in [-0.2, 0) is 4.79 Å². The molecule has 4 N–H and O–H groups in total. The van der Waals surface area contributed by atoms with E-state index < -0.39 is 0 Å². The van der Waals surface area contributed by atoms with E-state index in [4.69, 9.17) is 0 Å². The van der Waals surface area contributed by atoms with Crippen LogP contribution in [0.4, 0.5) is 5.69 Å². The van der Waals surface area contributed by atoms with Crippen molar-refractivity contribution < 1.29 is 14.4 Å². The fourth-order valence-corrected chi connectivity index (χ4v) is 5.41. The molecule has 8 nitrogen and oxygen atoms in total. The van der Waals surface area contributed by atoms with Gasteiger partial charge in [-0.2, -0.15) is 0 Å². The molecule has 3 aromatic rings. The van der Waals surface area contributed by atoms with E-state index in [-0.39, 0.29) is 23.8 Å². The van der Waals surface area contributed by atoms with Gasteiger partial charge in [-0.1, -0.05) is 36.4 Å². The molecule has 2 aromatic carbocycles. The van der Waals surface area contributed by atoms with Crippen molar-refractivity contribution in [3.8, 4) is 0 Å². The van der Waals surface area contributed by atoms with E-state index in [1.165, 1.54) is 12.8 Å². The number of aryl methyl sites for hydroxylation is 1. The summed E-state index contributed by atoms with van der Waals surface area (Å²) >= 11 is 0. The standard InChI is InChI=1S/C31H35N5O3/c1-19-26(33-21(3)28(19)31(39)32-13-16-36-14-7-8-15-36)18-25-24-12-11-23(17-27(24)35-30(25)38)29(37)34-20(2)22-9-5-4-6-10-22/h4-6,9-12,17-18,20,33H,7-8,13-16H2,1-3H3,(H,32,39)(H,34,37)(H,35,38)/t20-/m0/s1. The van der Waals surface area contributed by atoms with Gasteiger partial charge < -0.3 is 25.8 Å². The first-order valence-electron chi connectivity index (χ1n) is 13.5. The maximum Gasteiger partial charge on any atom is 0.256 e. The number of rotatable bonds is 8. The van der Waals surface area contributed by atoms with Gasteiger partial charge in [0.15, 0.2) is 0 Å². The first-order valence-corrected chi connectivity index (χ1v) is 13.5. The topological polar surface area (TPSA) is 106 Å². The third-order valence-electron chi connectivity index (χ3n) is 7.62. The minimum atomic E-state index is -0.247. The van der Waals surface area contributed by atoms with E-state index in [0.29, 0.717) is 34.6 Å². The highest BCUT2D eigenvalue weighted by Gasteiger charge is 2.27. The van der Waals surface area contributed by atoms with Gasteiger partial charge in [0.05, 0.1) is 17.2 Å². The van der Waals surface area contributed by atoms with Gasteiger partial charge in [0.1, 0.15) is 0 Å². The molecule has 1 atom stereocenters. The number of carbonyl (C=O) groups is 3. The van der Waals surface area contributed by atoms with Crippen molar-refractivity contribution in [2.24, 2.45) is 0 Å². The molecule has 39 heavy (non-hydrogen) atoms. The zero-order valence-electron chi connectivity index (χ0n) is 22.7. The van der Waals surface area contributed by atoms with Crippen LogP contribution in [0.2, 0.25) is 0 Å². The summed E-state index contributed by atoms with van der Waals surface area (Å²) in [5.41, 5.74) is 6.17. The maximum absolute atomic E-state index is 13.0. The van der Waals surface area contributed by atoms with E-state index in [1.54, 1.807) is 24.3 Å². The SMILES string of the molecule is Cc1[nH]c(C=C2C(=O)Nc3cc(C(=O)N[C@@H](C)c4ccccc4)ccc32)c(C)c1C(=O)NCCN1CCCC1. The third-order valence-corrected chi connectivity index (χ3v) is 7.62. The molecule has 0 spiro atoms. The minimum absolute atomic E-state index is 0.109. The average Bonchev–Trinajstić information content (AvgIpc) is 3.62. The van der Waals surface area contributed by atoms with Crippen LogP contribution in [0.5, 0.6) is 0 Å². The van der Waals surface area contributed by atoms with Gasteiger partial charge in [-0.25, -0.2) is 0 Å². The molecule has 3 amide bonds. The summed E-state index contributed by atoms with van der Waals surface area (Å²) in [7, 11) is 0. The van der Waals surface area contributed by atoms with Crippen molar-refractivity contribution in [3.63, 3.8) is 0 Å². The third kappa shape index (κ3) is 5.66. The Balaban J connectivity index is 1.30. The normalized spacial score (nSPS) is 16.7. The summed E-state index contributed by atoms with van der Waals surface area (Å²) in [5, 5.41) is 8.93. The number of likely N-dealkylation sites (tertiary alicyclic amines) is 1. The number of anilines is 1. The van der Waals surface area contributed by atoms with Crippen molar-refractivity contribution >= 4 is 35.1 Å². The number of aromatic nitrogens is 1. The number of benzene rings is 2. The smallest absolute Gasteiger partial charge is 0.256 e. The Labute approximate surface area is 228 Å². The second-order valence-electron chi connectivity index (χ2n) is 10.3. The van der Waals surface area contributed by atoms with Crippen molar-refractivity contribution in [3.05, 3.63) is 87.7 Å². The maximum atomic E-state index is 13.0. The highest BCUT2D eigenvalue weighted by Crippen LogP contribution is 2.35. The Bertz CT molecular complexity index is 1430. The summed E-state index contributed by atoms with van der Waals surface area (Å²) in [4.78, 5) is 44.4. The van der Waals surface area contributed by atoms with Crippen molar-refractivity contribution in [1.29, 1.82) is 0 Å². The van der Waals surface area contributed by atoms with E-state index in [2.05, 4.69) is 25.8 Å². The second kappa shape index (κ2) is 11.3. The molecule has 5 rings (SSSR count). The van der Waals surface area contributed by atoms with Crippen LogP contribution in [0.25, 0.3) is 11.6 Å². The molecular weight excluding hydrogens is 490 g/mol. The predicted molar refractivity (Wildman–Crippen MR) is 154 cm³/mol. The first-order chi connectivity index (χ1) is 18.8. The molecule has 202 valence electrons. The number of carbonyl (C=O) groups excluding carboxylic acids is 3. The molecule has 0 saturated carbocycles. The number of H-pyrrole nitrogens is 1. The zero-order valence-corrected chi connectivity index (χ0v) is 22.7. The minimum Gasteiger partial charge on any atom is -0.358 e. The molecule has 0 aliphatic carbocycles. The summed E-state index contributed by atoms with van der Waals surface area (Å²) < 4.78 is 0. The molecular formula is C31H35N5O3. The van der Waals surface area contributed by atoms with Gasteiger partial charge in [-0.15, -0.1) is 0 Å². The van der Waals surface area contributed by atoms with Gasteiger partial charge in [-0.05, 0) is 76.0 Å². The quantitative estimate of drug-likeness (QED) is 0.326. The lowest BCUT2D eigenvalue weighted by Crippen LogP contribution is -2.33. The molecule has 0 bridgehead atoms. The zero-order chi connectivity index (χ0) is 27.5. The Hall–Kier alpha value is -4.17. The van der Waals surface area contributed by atoms with Crippen LogP contribution >= 0.6 is 0 Å². The number of aromatic amines is 1.